The number of carbonyl (C=O) groups excluding carboxylic acids is 1. The van der Waals surface area contributed by atoms with Crippen molar-refractivity contribution in [3.8, 4) is 0 Å². The summed E-state index contributed by atoms with van der Waals surface area (Å²) in [5.41, 5.74) is 1.24. The predicted octanol–water partition coefficient (Wildman–Crippen LogP) is 3.93. The molecule has 2 aromatic rings. The molecule has 1 aliphatic rings. The summed E-state index contributed by atoms with van der Waals surface area (Å²) < 4.78 is 0. The Morgan fingerprint density at radius 3 is 2.56 bits per heavy atom. The fraction of sp³-hybridized carbons (Fsp3) is 0.381. The maximum Gasteiger partial charge on any atom is 0.222 e. The van der Waals surface area contributed by atoms with Crippen molar-refractivity contribution in [2.45, 2.75) is 19.3 Å². The third-order valence-electron chi connectivity index (χ3n) is 4.59. The van der Waals surface area contributed by atoms with Gasteiger partial charge in [-0.3, -0.25) is 9.69 Å². The van der Waals surface area contributed by atoms with Crippen molar-refractivity contribution in [1.82, 2.24) is 9.80 Å². The third-order valence-corrected chi connectivity index (χ3v) is 5.53. The van der Waals surface area contributed by atoms with E-state index >= 15 is 0 Å². The van der Waals surface area contributed by atoms with Crippen LogP contribution >= 0.6 is 11.3 Å². The molecule has 0 spiro atoms. The molecular formula is C21H26N2OS. The summed E-state index contributed by atoms with van der Waals surface area (Å²) in [6.45, 7) is 4.61. The first-order chi connectivity index (χ1) is 12.3. The van der Waals surface area contributed by atoms with E-state index < -0.39 is 0 Å². The van der Waals surface area contributed by atoms with Gasteiger partial charge in [0.1, 0.15) is 0 Å². The number of amides is 1. The monoisotopic (exact) mass is 354 g/mol. The zero-order valence-electron chi connectivity index (χ0n) is 14.6. The van der Waals surface area contributed by atoms with Gasteiger partial charge in [0.2, 0.25) is 5.91 Å². The van der Waals surface area contributed by atoms with Crippen LogP contribution < -0.4 is 0 Å². The largest absolute Gasteiger partial charge is 0.340 e. The number of piperazine rings is 1. The first-order valence-corrected chi connectivity index (χ1v) is 9.93. The number of rotatable bonds is 7. The van der Waals surface area contributed by atoms with Gasteiger partial charge in [0.15, 0.2) is 0 Å². The average molecular weight is 355 g/mol. The van der Waals surface area contributed by atoms with Crippen molar-refractivity contribution in [3.05, 3.63) is 64.4 Å². The lowest BCUT2D eigenvalue weighted by atomic mass is 10.2. The molecule has 0 atom stereocenters. The number of benzene rings is 1. The van der Waals surface area contributed by atoms with E-state index in [1.54, 1.807) is 11.3 Å². The van der Waals surface area contributed by atoms with Crippen molar-refractivity contribution in [2.24, 2.45) is 0 Å². The third kappa shape index (κ3) is 5.83. The summed E-state index contributed by atoms with van der Waals surface area (Å²) in [5.74, 6) is 0.316. The van der Waals surface area contributed by atoms with E-state index in [-0.39, 0.29) is 0 Å². The van der Waals surface area contributed by atoms with E-state index in [0.29, 0.717) is 12.3 Å². The van der Waals surface area contributed by atoms with E-state index in [1.807, 2.05) is 11.0 Å². The van der Waals surface area contributed by atoms with E-state index in [4.69, 9.17) is 0 Å². The first-order valence-electron chi connectivity index (χ1n) is 9.05. The minimum atomic E-state index is 0.316. The van der Waals surface area contributed by atoms with Gasteiger partial charge in [-0.1, -0.05) is 48.6 Å². The minimum Gasteiger partial charge on any atom is -0.340 e. The molecule has 0 bridgehead atoms. The van der Waals surface area contributed by atoms with Gasteiger partial charge in [0.25, 0.3) is 0 Å². The predicted molar refractivity (Wildman–Crippen MR) is 106 cm³/mol. The van der Waals surface area contributed by atoms with Gasteiger partial charge in [0, 0.05) is 44.0 Å². The molecule has 0 radical (unpaired) electrons. The molecule has 0 aliphatic carbocycles. The zero-order chi connectivity index (χ0) is 17.3. The topological polar surface area (TPSA) is 23.6 Å². The van der Waals surface area contributed by atoms with Crippen LogP contribution in [-0.2, 0) is 11.2 Å². The molecular weight excluding hydrogens is 328 g/mol. The van der Waals surface area contributed by atoms with Gasteiger partial charge in [-0.05, 0) is 29.9 Å². The summed E-state index contributed by atoms with van der Waals surface area (Å²) >= 11 is 1.78. The smallest absolute Gasteiger partial charge is 0.222 e. The van der Waals surface area contributed by atoms with Crippen molar-refractivity contribution in [2.75, 3.05) is 32.7 Å². The fourth-order valence-corrected chi connectivity index (χ4v) is 3.86. The lowest BCUT2D eigenvalue weighted by Gasteiger charge is -2.34. The van der Waals surface area contributed by atoms with E-state index in [1.165, 1.54) is 10.4 Å². The van der Waals surface area contributed by atoms with Gasteiger partial charge in [-0.15, -0.1) is 11.3 Å². The van der Waals surface area contributed by atoms with Gasteiger partial charge >= 0.3 is 0 Å². The van der Waals surface area contributed by atoms with Crippen molar-refractivity contribution < 1.29 is 4.79 Å². The average Bonchev–Trinajstić information content (AvgIpc) is 3.16. The Morgan fingerprint density at radius 2 is 1.84 bits per heavy atom. The van der Waals surface area contributed by atoms with Crippen LogP contribution in [0.15, 0.2) is 53.9 Å². The molecule has 4 heteroatoms. The Labute approximate surface area is 154 Å². The second-order valence-electron chi connectivity index (χ2n) is 6.43. The molecule has 1 amide bonds. The Balaban J connectivity index is 1.33. The highest BCUT2D eigenvalue weighted by atomic mass is 32.1. The maximum atomic E-state index is 12.3. The van der Waals surface area contributed by atoms with Crippen LogP contribution in [0.25, 0.3) is 6.08 Å². The number of nitrogens with zero attached hydrogens (tertiary/aromatic N) is 2. The number of thiophene rings is 1. The Kier molecular flexibility index (Phi) is 6.83. The van der Waals surface area contributed by atoms with Crippen LogP contribution in [0, 0.1) is 0 Å². The second kappa shape index (κ2) is 9.54. The zero-order valence-corrected chi connectivity index (χ0v) is 15.5. The number of aryl methyl sites for hydroxylation is 1. The van der Waals surface area contributed by atoms with Crippen molar-refractivity contribution in [3.63, 3.8) is 0 Å². The fourth-order valence-electron chi connectivity index (χ4n) is 3.11. The molecule has 1 saturated heterocycles. The van der Waals surface area contributed by atoms with E-state index in [0.717, 1.165) is 45.6 Å². The van der Waals surface area contributed by atoms with Crippen LogP contribution in [0.2, 0.25) is 0 Å². The Bertz CT molecular complexity index is 658. The molecule has 2 heterocycles. The molecule has 1 fully saturated rings. The number of carbonyl (C=O) groups is 1. The minimum absolute atomic E-state index is 0.316. The van der Waals surface area contributed by atoms with Crippen LogP contribution in [0.4, 0.5) is 0 Å². The molecule has 1 aromatic carbocycles. The molecule has 0 unspecified atom stereocenters. The summed E-state index contributed by atoms with van der Waals surface area (Å²) in [7, 11) is 0. The lowest BCUT2D eigenvalue weighted by molar-refractivity contribution is -0.132. The quantitative estimate of drug-likeness (QED) is 0.752. The van der Waals surface area contributed by atoms with Gasteiger partial charge in [-0.2, -0.15) is 0 Å². The molecule has 0 N–H and O–H groups in total. The summed E-state index contributed by atoms with van der Waals surface area (Å²) in [5, 5.41) is 2.10. The summed E-state index contributed by atoms with van der Waals surface area (Å²) in [4.78, 5) is 18.2. The maximum absolute atomic E-state index is 12.3. The van der Waals surface area contributed by atoms with Crippen LogP contribution in [-0.4, -0.2) is 48.4 Å². The SMILES string of the molecule is O=C(CCCc1cccs1)N1CCN(C/C=C/c2ccccc2)CC1. The van der Waals surface area contributed by atoms with Gasteiger partial charge in [0.05, 0.1) is 0 Å². The molecule has 3 rings (SSSR count). The molecule has 3 nitrogen and oxygen atoms in total. The molecule has 1 aliphatic heterocycles. The van der Waals surface area contributed by atoms with Crippen LogP contribution in [0.1, 0.15) is 23.3 Å². The first kappa shape index (κ1) is 17.9. The highest BCUT2D eigenvalue weighted by Gasteiger charge is 2.19. The van der Waals surface area contributed by atoms with Crippen molar-refractivity contribution >= 4 is 23.3 Å². The number of hydrogen-bond acceptors (Lipinski definition) is 3. The Hall–Kier alpha value is -1.91. The van der Waals surface area contributed by atoms with Gasteiger partial charge in [-0.25, -0.2) is 0 Å². The molecule has 1 aromatic heterocycles. The van der Waals surface area contributed by atoms with Crippen LogP contribution in [0.5, 0.6) is 0 Å². The molecule has 132 valence electrons. The number of hydrogen-bond donors (Lipinski definition) is 0. The Morgan fingerprint density at radius 1 is 1.04 bits per heavy atom. The normalized spacial score (nSPS) is 15.8. The summed E-state index contributed by atoms with van der Waals surface area (Å²) in [6, 6.07) is 14.6. The van der Waals surface area contributed by atoms with Gasteiger partial charge < -0.3 is 4.90 Å². The van der Waals surface area contributed by atoms with E-state index in [9.17, 15) is 4.79 Å². The highest BCUT2D eigenvalue weighted by Crippen LogP contribution is 2.13. The molecule has 25 heavy (non-hydrogen) atoms. The summed E-state index contributed by atoms with van der Waals surface area (Å²) in [6.07, 6.45) is 7.04. The standard InChI is InChI=1S/C21H26N2OS/c24-21(12-4-10-20-11-6-18-25-20)23-16-14-22(15-17-23)13-5-9-19-7-2-1-3-8-19/h1-3,5-9,11,18H,4,10,12-17H2/b9-5+. The van der Waals surface area contributed by atoms with E-state index in [2.05, 4.69) is 58.8 Å². The highest BCUT2D eigenvalue weighted by molar-refractivity contribution is 7.09. The lowest BCUT2D eigenvalue weighted by Crippen LogP contribution is -2.48. The van der Waals surface area contributed by atoms with Crippen molar-refractivity contribution in [1.29, 1.82) is 0 Å². The second-order valence-corrected chi connectivity index (χ2v) is 7.46. The molecule has 0 saturated carbocycles. The van der Waals surface area contributed by atoms with Crippen LogP contribution in [0.3, 0.4) is 0 Å².